The van der Waals surface area contributed by atoms with Crippen LogP contribution in [-0.2, 0) is 0 Å². The van der Waals surface area contributed by atoms with Gasteiger partial charge in [-0.15, -0.1) is 0 Å². The predicted molar refractivity (Wildman–Crippen MR) is 78.8 cm³/mol. The van der Waals surface area contributed by atoms with Crippen LogP contribution >= 0.6 is 0 Å². The molecule has 3 nitrogen and oxygen atoms in total. The number of hydrogen-bond donors (Lipinski definition) is 1. The van der Waals surface area contributed by atoms with Crippen molar-refractivity contribution < 1.29 is 14.2 Å². The number of methoxy groups -OCH3 is 1. The zero-order valence-electron chi connectivity index (χ0n) is 11.5. The highest BCUT2D eigenvalue weighted by Crippen LogP contribution is 2.32. The van der Waals surface area contributed by atoms with Gasteiger partial charge in [0, 0.05) is 17.1 Å². The normalized spacial score (nSPS) is 12.3. The Kier molecular flexibility index (Phi) is 3.54. The molecule has 21 heavy (non-hydrogen) atoms. The summed E-state index contributed by atoms with van der Waals surface area (Å²) in [5.41, 5.74) is 1.57. The highest BCUT2D eigenvalue weighted by atomic mass is 19.1. The lowest BCUT2D eigenvalue weighted by molar-refractivity contribution is 0.215. The Morgan fingerprint density at radius 2 is 1.81 bits per heavy atom. The molecule has 0 aliphatic carbocycles. The van der Waals surface area contributed by atoms with E-state index in [2.05, 4.69) is 4.98 Å². The summed E-state index contributed by atoms with van der Waals surface area (Å²) in [4.78, 5) is 4.24. The standard InChI is InChI=1S/C17H14FNO2/c1-21-15-9-3-6-13(16(15)18)17(20)12-5-2-8-14-11(12)7-4-10-19-14/h2-10,17,20H,1H3. The van der Waals surface area contributed by atoms with E-state index in [4.69, 9.17) is 4.74 Å². The van der Waals surface area contributed by atoms with Crippen LogP contribution in [0.1, 0.15) is 17.2 Å². The number of aliphatic hydroxyl groups is 1. The molecule has 0 radical (unpaired) electrons. The van der Waals surface area contributed by atoms with Crippen LogP contribution < -0.4 is 4.74 Å². The van der Waals surface area contributed by atoms with Gasteiger partial charge in [0.2, 0.25) is 0 Å². The summed E-state index contributed by atoms with van der Waals surface area (Å²) in [6, 6.07) is 13.8. The Bertz CT molecular complexity index is 783. The van der Waals surface area contributed by atoms with Crippen molar-refractivity contribution in [2.75, 3.05) is 7.11 Å². The van der Waals surface area contributed by atoms with Gasteiger partial charge in [-0.25, -0.2) is 4.39 Å². The molecule has 1 atom stereocenters. The van der Waals surface area contributed by atoms with Crippen LogP contribution in [0.2, 0.25) is 0 Å². The minimum Gasteiger partial charge on any atom is -0.494 e. The van der Waals surface area contributed by atoms with Crippen molar-refractivity contribution in [3.63, 3.8) is 0 Å². The molecular formula is C17H14FNO2. The summed E-state index contributed by atoms with van der Waals surface area (Å²) in [5, 5.41) is 11.4. The van der Waals surface area contributed by atoms with E-state index in [1.54, 1.807) is 36.5 Å². The van der Waals surface area contributed by atoms with Crippen molar-refractivity contribution in [2.45, 2.75) is 6.10 Å². The summed E-state index contributed by atoms with van der Waals surface area (Å²) < 4.78 is 19.3. The molecule has 0 aliphatic rings. The van der Waals surface area contributed by atoms with Crippen molar-refractivity contribution in [1.82, 2.24) is 4.98 Å². The molecule has 0 fully saturated rings. The Hall–Kier alpha value is -2.46. The zero-order valence-corrected chi connectivity index (χ0v) is 11.5. The fourth-order valence-electron chi connectivity index (χ4n) is 2.43. The van der Waals surface area contributed by atoms with Crippen molar-refractivity contribution in [3.8, 4) is 5.75 Å². The first-order chi connectivity index (χ1) is 10.2. The molecule has 0 amide bonds. The van der Waals surface area contributed by atoms with E-state index < -0.39 is 11.9 Å². The summed E-state index contributed by atoms with van der Waals surface area (Å²) in [6.07, 6.45) is 0.609. The topological polar surface area (TPSA) is 42.4 Å². The van der Waals surface area contributed by atoms with Gasteiger partial charge < -0.3 is 9.84 Å². The highest BCUT2D eigenvalue weighted by Gasteiger charge is 2.19. The fourth-order valence-corrected chi connectivity index (χ4v) is 2.43. The monoisotopic (exact) mass is 283 g/mol. The number of fused-ring (bicyclic) bond motifs is 1. The van der Waals surface area contributed by atoms with Crippen LogP contribution in [0.3, 0.4) is 0 Å². The second-order valence-corrected chi connectivity index (χ2v) is 4.68. The average Bonchev–Trinajstić information content (AvgIpc) is 2.54. The fraction of sp³-hybridized carbons (Fsp3) is 0.118. The van der Waals surface area contributed by atoms with E-state index in [0.717, 1.165) is 10.9 Å². The SMILES string of the molecule is COc1cccc(C(O)c2cccc3ncccc23)c1F. The first-order valence-corrected chi connectivity index (χ1v) is 6.56. The molecule has 1 aromatic heterocycles. The second kappa shape index (κ2) is 5.50. The number of aromatic nitrogens is 1. The predicted octanol–water partition coefficient (Wildman–Crippen LogP) is 3.46. The minimum atomic E-state index is -1.08. The third-order valence-corrected chi connectivity index (χ3v) is 3.48. The molecule has 0 bridgehead atoms. The molecule has 2 aromatic carbocycles. The molecule has 1 N–H and O–H groups in total. The van der Waals surface area contributed by atoms with Crippen LogP contribution in [0.4, 0.5) is 4.39 Å². The largest absolute Gasteiger partial charge is 0.494 e. The van der Waals surface area contributed by atoms with Gasteiger partial charge in [-0.1, -0.05) is 30.3 Å². The Morgan fingerprint density at radius 3 is 2.62 bits per heavy atom. The smallest absolute Gasteiger partial charge is 0.171 e. The quantitative estimate of drug-likeness (QED) is 0.800. The molecule has 0 aliphatic heterocycles. The number of nitrogens with zero attached hydrogens (tertiary/aromatic N) is 1. The molecular weight excluding hydrogens is 269 g/mol. The Labute approximate surface area is 121 Å². The number of benzene rings is 2. The third-order valence-electron chi connectivity index (χ3n) is 3.48. The number of pyridine rings is 1. The Morgan fingerprint density at radius 1 is 1.05 bits per heavy atom. The van der Waals surface area contributed by atoms with Crippen LogP contribution in [0.25, 0.3) is 10.9 Å². The van der Waals surface area contributed by atoms with Crippen LogP contribution in [0, 0.1) is 5.82 Å². The number of rotatable bonds is 3. The summed E-state index contributed by atoms with van der Waals surface area (Å²) in [6.45, 7) is 0. The number of ether oxygens (including phenoxy) is 1. The molecule has 3 rings (SSSR count). The summed E-state index contributed by atoms with van der Waals surface area (Å²) in [7, 11) is 1.40. The van der Waals surface area contributed by atoms with Gasteiger partial charge in [0.05, 0.1) is 12.6 Å². The lowest BCUT2D eigenvalue weighted by Gasteiger charge is -2.15. The zero-order chi connectivity index (χ0) is 14.8. The van der Waals surface area contributed by atoms with Gasteiger partial charge >= 0.3 is 0 Å². The Balaban J connectivity index is 2.15. The van der Waals surface area contributed by atoms with E-state index in [0.29, 0.717) is 5.56 Å². The maximum absolute atomic E-state index is 14.3. The van der Waals surface area contributed by atoms with Crippen molar-refractivity contribution >= 4 is 10.9 Å². The molecule has 0 saturated heterocycles. The van der Waals surface area contributed by atoms with Crippen molar-refractivity contribution in [3.05, 3.63) is 71.7 Å². The van der Waals surface area contributed by atoms with Gasteiger partial charge in [-0.2, -0.15) is 0 Å². The average molecular weight is 283 g/mol. The molecule has 0 spiro atoms. The maximum Gasteiger partial charge on any atom is 0.171 e. The third kappa shape index (κ3) is 2.34. The summed E-state index contributed by atoms with van der Waals surface area (Å²) in [5.74, 6) is -0.432. The summed E-state index contributed by atoms with van der Waals surface area (Å²) >= 11 is 0. The van der Waals surface area contributed by atoms with Gasteiger partial charge in [0.1, 0.15) is 6.10 Å². The lowest BCUT2D eigenvalue weighted by atomic mass is 9.97. The number of halogens is 1. The van der Waals surface area contributed by atoms with Gasteiger partial charge in [0.15, 0.2) is 11.6 Å². The molecule has 4 heteroatoms. The maximum atomic E-state index is 14.3. The van der Waals surface area contributed by atoms with E-state index in [-0.39, 0.29) is 11.3 Å². The molecule has 106 valence electrons. The first-order valence-electron chi connectivity index (χ1n) is 6.56. The van der Waals surface area contributed by atoms with E-state index >= 15 is 0 Å². The molecule has 0 saturated carbocycles. The van der Waals surface area contributed by atoms with E-state index in [9.17, 15) is 9.50 Å². The molecule has 1 unspecified atom stereocenters. The molecule has 1 heterocycles. The van der Waals surface area contributed by atoms with Gasteiger partial charge in [0.25, 0.3) is 0 Å². The first kappa shape index (κ1) is 13.5. The van der Waals surface area contributed by atoms with Gasteiger partial charge in [-0.3, -0.25) is 4.98 Å². The molecule has 3 aromatic rings. The van der Waals surface area contributed by atoms with Crippen LogP contribution in [-0.4, -0.2) is 17.2 Å². The van der Waals surface area contributed by atoms with Crippen molar-refractivity contribution in [1.29, 1.82) is 0 Å². The van der Waals surface area contributed by atoms with E-state index in [1.165, 1.54) is 13.2 Å². The minimum absolute atomic E-state index is 0.116. The van der Waals surface area contributed by atoms with Crippen LogP contribution in [0.5, 0.6) is 5.75 Å². The lowest BCUT2D eigenvalue weighted by Crippen LogP contribution is -2.04. The van der Waals surface area contributed by atoms with Crippen LogP contribution in [0.15, 0.2) is 54.7 Å². The van der Waals surface area contributed by atoms with Crippen molar-refractivity contribution in [2.24, 2.45) is 0 Å². The number of hydrogen-bond acceptors (Lipinski definition) is 3. The second-order valence-electron chi connectivity index (χ2n) is 4.68. The highest BCUT2D eigenvalue weighted by molar-refractivity contribution is 5.82. The van der Waals surface area contributed by atoms with E-state index in [1.807, 2.05) is 12.1 Å². The van der Waals surface area contributed by atoms with Gasteiger partial charge in [-0.05, 0) is 23.8 Å². The number of aliphatic hydroxyl groups excluding tert-OH is 1.